The third-order valence-corrected chi connectivity index (χ3v) is 8.29. The molecule has 5 rings (SSSR count). The van der Waals surface area contributed by atoms with Gasteiger partial charge in [0.25, 0.3) is 0 Å². The fraction of sp³-hybridized carbons (Fsp3) is 0.760. The van der Waals surface area contributed by atoms with Crippen molar-refractivity contribution in [3.8, 4) is 0 Å². The van der Waals surface area contributed by atoms with Crippen LogP contribution in [0.5, 0.6) is 0 Å². The van der Waals surface area contributed by atoms with Gasteiger partial charge in [0.2, 0.25) is 23.6 Å². The lowest BCUT2D eigenvalue weighted by Crippen LogP contribution is -2.68. The van der Waals surface area contributed by atoms with Gasteiger partial charge in [-0.2, -0.15) is 0 Å². The number of hydrogen-bond acceptors (Lipinski definition) is 6. The second kappa shape index (κ2) is 9.48. The molecular weight excluding hydrogens is 462 g/mol. The predicted molar refractivity (Wildman–Crippen MR) is 131 cm³/mol. The minimum atomic E-state index is -0.192. The molecule has 4 N–H and O–H groups in total. The lowest BCUT2D eigenvalue weighted by atomic mass is 9.35. The molecule has 198 valence electrons. The molecule has 4 bridgehead atoms. The average Bonchev–Trinajstić information content (AvgIpc) is 3.17. The first kappa shape index (κ1) is 26.1. The van der Waals surface area contributed by atoms with Gasteiger partial charge in [-0.05, 0) is 60.2 Å². The topological polar surface area (TPSA) is 147 Å². The molecule has 11 nitrogen and oxygen atoms in total. The van der Waals surface area contributed by atoms with Crippen molar-refractivity contribution in [2.45, 2.75) is 65.7 Å². The van der Waals surface area contributed by atoms with Gasteiger partial charge < -0.3 is 21.3 Å². The molecular formula is C25H39N7O4. The van der Waals surface area contributed by atoms with Crippen LogP contribution in [0.3, 0.4) is 0 Å². The molecule has 0 spiro atoms. The zero-order chi connectivity index (χ0) is 26.2. The summed E-state index contributed by atoms with van der Waals surface area (Å²) in [6, 6.07) is 0. The van der Waals surface area contributed by atoms with Crippen molar-refractivity contribution in [1.29, 1.82) is 0 Å². The quantitative estimate of drug-likeness (QED) is 0.360. The highest BCUT2D eigenvalue weighted by atomic mass is 16.2. The van der Waals surface area contributed by atoms with Crippen LogP contribution in [0.4, 0.5) is 0 Å². The number of rotatable bonds is 10. The van der Waals surface area contributed by atoms with Crippen LogP contribution < -0.4 is 21.3 Å². The largest absolute Gasteiger partial charge is 0.356 e. The van der Waals surface area contributed by atoms with Gasteiger partial charge >= 0.3 is 0 Å². The Hall–Kier alpha value is -2.98. The van der Waals surface area contributed by atoms with Crippen molar-refractivity contribution in [3.63, 3.8) is 0 Å². The maximum Gasteiger partial charge on any atom is 0.226 e. The molecule has 4 aliphatic carbocycles. The Morgan fingerprint density at radius 1 is 0.722 bits per heavy atom. The highest BCUT2D eigenvalue weighted by molar-refractivity contribution is 5.78. The number of nitrogens with zero attached hydrogens (tertiary/aromatic N) is 3. The second-order valence-electron chi connectivity index (χ2n) is 12.1. The van der Waals surface area contributed by atoms with Crippen LogP contribution in [0.1, 0.15) is 65.0 Å². The van der Waals surface area contributed by atoms with Crippen molar-refractivity contribution >= 4 is 23.6 Å². The van der Waals surface area contributed by atoms with Crippen LogP contribution in [0.25, 0.3) is 0 Å². The highest BCUT2D eigenvalue weighted by Crippen LogP contribution is 2.73. The van der Waals surface area contributed by atoms with E-state index in [1.165, 1.54) is 20.8 Å². The lowest BCUT2D eigenvalue weighted by Gasteiger charge is -2.71. The van der Waals surface area contributed by atoms with E-state index in [-0.39, 0.29) is 51.7 Å². The van der Waals surface area contributed by atoms with Crippen molar-refractivity contribution in [1.82, 2.24) is 36.3 Å². The molecule has 0 radical (unpaired) electrons. The molecule has 0 aromatic carbocycles. The number of amides is 4. The van der Waals surface area contributed by atoms with Crippen molar-refractivity contribution in [2.75, 3.05) is 26.2 Å². The number of hydrogen-bond donors (Lipinski definition) is 4. The molecule has 0 atom stereocenters. The smallest absolute Gasteiger partial charge is 0.226 e. The Balaban J connectivity index is 1.61. The fourth-order valence-electron chi connectivity index (χ4n) is 8.20. The summed E-state index contributed by atoms with van der Waals surface area (Å²) in [6.07, 6.45) is 7.25. The number of aryl methyl sites for hydroxylation is 1. The Kier molecular flexibility index (Phi) is 6.87. The Morgan fingerprint density at radius 3 is 1.39 bits per heavy atom. The van der Waals surface area contributed by atoms with E-state index in [0.29, 0.717) is 31.9 Å². The van der Waals surface area contributed by atoms with E-state index in [1.807, 2.05) is 0 Å². The monoisotopic (exact) mass is 501 g/mol. The normalized spacial score (nSPS) is 32.1. The van der Waals surface area contributed by atoms with Gasteiger partial charge in [0.05, 0.1) is 12.1 Å². The molecule has 4 amide bonds. The minimum Gasteiger partial charge on any atom is -0.356 e. The van der Waals surface area contributed by atoms with Crippen molar-refractivity contribution in [2.24, 2.45) is 28.7 Å². The van der Waals surface area contributed by atoms with E-state index in [4.69, 9.17) is 0 Å². The molecule has 0 unspecified atom stereocenters. The van der Waals surface area contributed by atoms with Crippen LogP contribution in [0, 0.1) is 21.7 Å². The first-order valence-electron chi connectivity index (χ1n) is 12.7. The number of carbonyl (C=O) groups excluding carboxylic acids is 4. The standard InChI is InChI=1S/C25H39N7O4/c1-17(33)26-13-22-7-23(14-27-18(2)34)9-24(8-22,15-28-19(3)35)12-25(10-22,11-23)16-29-21(36)5-20-6-32(4)31-30-20/h6H,5,7-16H2,1-4H3,(H,26,33)(H,27,34)(H,28,35)(H,29,36). The number of aromatic nitrogens is 3. The van der Waals surface area contributed by atoms with Crippen LogP contribution in [0.2, 0.25) is 0 Å². The predicted octanol–water partition coefficient (Wildman–Crippen LogP) is 0.209. The van der Waals surface area contributed by atoms with Gasteiger partial charge in [0, 0.05) is 60.2 Å². The summed E-state index contributed by atoms with van der Waals surface area (Å²) in [6.45, 7) is 6.77. The van der Waals surface area contributed by atoms with Gasteiger partial charge in [-0.25, -0.2) is 0 Å². The maximum atomic E-state index is 12.8. The molecule has 4 saturated carbocycles. The third kappa shape index (κ3) is 5.70. The molecule has 4 aliphatic rings. The van der Waals surface area contributed by atoms with E-state index in [0.717, 1.165) is 38.5 Å². The van der Waals surface area contributed by atoms with E-state index < -0.39 is 0 Å². The maximum absolute atomic E-state index is 12.8. The summed E-state index contributed by atoms with van der Waals surface area (Å²) in [5, 5.41) is 20.3. The number of nitrogens with one attached hydrogen (secondary N) is 4. The first-order chi connectivity index (χ1) is 16.9. The second-order valence-corrected chi connectivity index (χ2v) is 12.1. The summed E-state index contributed by atoms with van der Waals surface area (Å²) in [4.78, 5) is 48.5. The summed E-state index contributed by atoms with van der Waals surface area (Å²) in [7, 11) is 1.77. The van der Waals surface area contributed by atoms with Gasteiger partial charge in [-0.15, -0.1) is 5.10 Å². The Bertz CT molecular complexity index is 959. The third-order valence-electron chi connectivity index (χ3n) is 8.29. The molecule has 4 fully saturated rings. The fourth-order valence-corrected chi connectivity index (χ4v) is 8.20. The van der Waals surface area contributed by atoms with Gasteiger partial charge in [0.15, 0.2) is 0 Å². The number of carbonyl (C=O) groups is 4. The van der Waals surface area contributed by atoms with Crippen LogP contribution >= 0.6 is 0 Å². The Labute approximate surface area is 211 Å². The first-order valence-corrected chi connectivity index (χ1v) is 12.7. The molecule has 1 aromatic rings. The zero-order valence-corrected chi connectivity index (χ0v) is 21.8. The van der Waals surface area contributed by atoms with E-state index in [1.54, 1.807) is 17.9 Å². The summed E-state index contributed by atoms with van der Waals surface area (Å²) < 4.78 is 1.57. The summed E-state index contributed by atoms with van der Waals surface area (Å²) >= 11 is 0. The molecule has 1 aromatic heterocycles. The molecule has 36 heavy (non-hydrogen) atoms. The van der Waals surface area contributed by atoms with Crippen molar-refractivity contribution < 1.29 is 19.2 Å². The van der Waals surface area contributed by atoms with Gasteiger partial charge in [-0.1, -0.05) is 5.21 Å². The van der Waals surface area contributed by atoms with Gasteiger partial charge in [0.1, 0.15) is 0 Å². The average molecular weight is 502 g/mol. The summed E-state index contributed by atoms with van der Waals surface area (Å²) in [5.74, 6) is -0.300. The summed E-state index contributed by atoms with van der Waals surface area (Å²) in [5.41, 5.74) is -0.0540. The molecule has 11 heteroatoms. The zero-order valence-electron chi connectivity index (χ0n) is 21.8. The van der Waals surface area contributed by atoms with Crippen molar-refractivity contribution in [3.05, 3.63) is 11.9 Å². The molecule has 0 saturated heterocycles. The van der Waals surface area contributed by atoms with E-state index >= 15 is 0 Å². The SMILES string of the molecule is CC(=O)NCC12CC3(CNC(C)=O)CC(CNC(C)=O)(C1)CC(CNC(=O)Cc1cn(C)nn1)(C2)C3. The minimum absolute atomic E-state index is 0.0658. The Morgan fingerprint density at radius 2 is 1.08 bits per heavy atom. The van der Waals surface area contributed by atoms with Crippen LogP contribution in [-0.4, -0.2) is 64.8 Å². The lowest BCUT2D eigenvalue weighted by molar-refractivity contribution is -0.197. The van der Waals surface area contributed by atoms with E-state index in [9.17, 15) is 19.2 Å². The van der Waals surface area contributed by atoms with Gasteiger partial charge in [-0.3, -0.25) is 23.9 Å². The highest BCUT2D eigenvalue weighted by Gasteiger charge is 2.67. The molecule has 0 aliphatic heterocycles. The van der Waals surface area contributed by atoms with Crippen LogP contribution in [-0.2, 0) is 32.6 Å². The van der Waals surface area contributed by atoms with E-state index in [2.05, 4.69) is 31.6 Å². The van der Waals surface area contributed by atoms with Crippen LogP contribution in [0.15, 0.2) is 6.20 Å². The molecule has 1 heterocycles.